The van der Waals surface area contributed by atoms with Gasteiger partial charge in [-0.2, -0.15) is 0 Å². The number of hydrogen-bond acceptors (Lipinski definition) is 6. The molecule has 0 aliphatic heterocycles. The summed E-state index contributed by atoms with van der Waals surface area (Å²) in [6, 6.07) is 15.0. The zero-order chi connectivity index (χ0) is 25.2. The number of rotatable bonds is 12. The lowest BCUT2D eigenvalue weighted by Crippen LogP contribution is -2.57. The minimum atomic E-state index is -0.837. The van der Waals surface area contributed by atoms with E-state index in [9.17, 15) is 4.79 Å². The molecule has 0 radical (unpaired) electrons. The van der Waals surface area contributed by atoms with Crippen molar-refractivity contribution in [3.8, 4) is 11.5 Å². The molecule has 1 amide bonds. The predicted molar refractivity (Wildman–Crippen MR) is 135 cm³/mol. The SMILES string of the molecule is CC[C@@](C)(Oc1cc(Br)ccc1OCc1ccccc1)[C@@H](COCOC)NC(=O)OC(C)(C)C. The van der Waals surface area contributed by atoms with Gasteiger partial charge in [-0.05, 0) is 57.9 Å². The van der Waals surface area contributed by atoms with Gasteiger partial charge in [-0.15, -0.1) is 0 Å². The Balaban J connectivity index is 2.26. The van der Waals surface area contributed by atoms with Gasteiger partial charge < -0.3 is 29.0 Å². The normalized spacial score (nSPS) is 14.1. The zero-order valence-corrected chi connectivity index (χ0v) is 22.4. The van der Waals surface area contributed by atoms with E-state index in [1.54, 1.807) is 7.11 Å². The van der Waals surface area contributed by atoms with E-state index in [-0.39, 0.29) is 13.4 Å². The Hall–Kier alpha value is -2.29. The molecule has 34 heavy (non-hydrogen) atoms. The fraction of sp³-hybridized carbons (Fsp3) is 0.500. The number of nitrogens with one attached hydrogen (secondary N) is 1. The predicted octanol–water partition coefficient (Wildman–Crippen LogP) is 6.09. The van der Waals surface area contributed by atoms with E-state index in [1.165, 1.54) is 0 Å². The summed E-state index contributed by atoms with van der Waals surface area (Å²) < 4.78 is 29.6. The lowest BCUT2D eigenvalue weighted by molar-refractivity contribution is -0.0671. The Labute approximate surface area is 211 Å². The van der Waals surface area contributed by atoms with Crippen LogP contribution in [0.2, 0.25) is 0 Å². The van der Waals surface area contributed by atoms with Crippen molar-refractivity contribution in [2.75, 3.05) is 20.5 Å². The Bertz CT molecular complexity index is 902. The molecule has 0 saturated carbocycles. The lowest BCUT2D eigenvalue weighted by atomic mass is 9.93. The second-order valence-electron chi connectivity index (χ2n) is 9.11. The monoisotopic (exact) mass is 537 g/mol. The molecule has 0 heterocycles. The zero-order valence-electron chi connectivity index (χ0n) is 20.9. The summed E-state index contributed by atoms with van der Waals surface area (Å²) in [5, 5.41) is 2.92. The van der Waals surface area contributed by atoms with Crippen molar-refractivity contribution < 1.29 is 28.5 Å². The van der Waals surface area contributed by atoms with Crippen LogP contribution in [0.5, 0.6) is 11.5 Å². The molecule has 0 saturated heterocycles. The maximum atomic E-state index is 12.6. The van der Waals surface area contributed by atoms with Crippen LogP contribution >= 0.6 is 15.9 Å². The summed E-state index contributed by atoms with van der Waals surface area (Å²) >= 11 is 3.52. The Morgan fingerprint density at radius 1 is 1.06 bits per heavy atom. The highest BCUT2D eigenvalue weighted by molar-refractivity contribution is 9.10. The summed E-state index contributed by atoms with van der Waals surface area (Å²) in [5.41, 5.74) is -0.420. The highest BCUT2D eigenvalue weighted by Gasteiger charge is 2.38. The molecule has 0 aliphatic rings. The van der Waals surface area contributed by atoms with Gasteiger partial charge in [0.2, 0.25) is 0 Å². The van der Waals surface area contributed by atoms with Gasteiger partial charge in [0.1, 0.15) is 24.6 Å². The number of ether oxygens (including phenoxy) is 5. The van der Waals surface area contributed by atoms with Gasteiger partial charge in [-0.3, -0.25) is 0 Å². The minimum absolute atomic E-state index is 0.0919. The van der Waals surface area contributed by atoms with Crippen molar-refractivity contribution in [1.82, 2.24) is 5.32 Å². The standard InChI is InChI=1S/C26H36BrNO6/c1-7-26(5,23(17-31-18-30-6)28-24(29)34-25(2,3)4)33-22-15-20(27)13-14-21(22)32-16-19-11-9-8-10-12-19/h8-15,23H,7,16-18H2,1-6H3,(H,28,29)/t23-,26-/m1/s1. The fourth-order valence-electron chi connectivity index (χ4n) is 3.13. The van der Waals surface area contributed by atoms with E-state index in [4.69, 9.17) is 23.7 Å². The van der Waals surface area contributed by atoms with Crippen molar-refractivity contribution in [3.05, 3.63) is 58.6 Å². The molecular formula is C26H36BrNO6. The quantitative estimate of drug-likeness (QED) is 0.261. The van der Waals surface area contributed by atoms with Crippen molar-refractivity contribution in [3.63, 3.8) is 0 Å². The van der Waals surface area contributed by atoms with Crippen LogP contribution in [0.3, 0.4) is 0 Å². The van der Waals surface area contributed by atoms with Crippen LogP contribution in [-0.2, 0) is 20.8 Å². The highest BCUT2D eigenvalue weighted by atomic mass is 79.9. The van der Waals surface area contributed by atoms with Crippen molar-refractivity contribution in [2.24, 2.45) is 0 Å². The second kappa shape index (κ2) is 13.0. The number of halogens is 1. The second-order valence-corrected chi connectivity index (χ2v) is 10.0. The van der Waals surface area contributed by atoms with Gasteiger partial charge in [0.15, 0.2) is 11.5 Å². The highest BCUT2D eigenvalue weighted by Crippen LogP contribution is 2.36. The van der Waals surface area contributed by atoms with Crippen LogP contribution in [0.15, 0.2) is 53.0 Å². The molecule has 0 bridgehead atoms. The number of hydrogen-bond donors (Lipinski definition) is 1. The van der Waals surface area contributed by atoms with Crippen molar-refractivity contribution >= 4 is 22.0 Å². The third-order valence-corrected chi connectivity index (χ3v) is 5.60. The fourth-order valence-corrected chi connectivity index (χ4v) is 3.47. The number of alkyl carbamates (subject to hydrolysis) is 1. The Kier molecular flexibility index (Phi) is 10.7. The Morgan fingerprint density at radius 3 is 2.38 bits per heavy atom. The first-order chi connectivity index (χ1) is 16.1. The van der Waals surface area contributed by atoms with Gasteiger partial charge in [0.05, 0.1) is 12.6 Å². The molecule has 2 atom stereocenters. The van der Waals surface area contributed by atoms with Gasteiger partial charge >= 0.3 is 6.09 Å². The number of benzene rings is 2. The third-order valence-electron chi connectivity index (χ3n) is 5.10. The first-order valence-electron chi connectivity index (χ1n) is 11.3. The van der Waals surface area contributed by atoms with Crippen molar-refractivity contribution in [1.29, 1.82) is 0 Å². The molecule has 2 aromatic carbocycles. The van der Waals surface area contributed by atoms with E-state index in [0.29, 0.717) is 24.5 Å². The van der Waals surface area contributed by atoms with Crippen LogP contribution < -0.4 is 14.8 Å². The molecule has 0 fully saturated rings. The number of amides is 1. The van der Waals surface area contributed by atoms with E-state index < -0.39 is 23.3 Å². The lowest BCUT2D eigenvalue weighted by Gasteiger charge is -2.38. The van der Waals surface area contributed by atoms with E-state index in [0.717, 1.165) is 10.0 Å². The molecular weight excluding hydrogens is 502 g/mol. The molecule has 2 rings (SSSR count). The van der Waals surface area contributed by atoms with E-state index in [1.807, 2.05) is 83.1 Å². The topological polar surface area (TPSA) is 75.3 Å². The molecule has 188 valence electrons. The summed E-state index contributed by atoms with van der Waals surface area (Å²) in [7, 11) is 1.55. The largest absolute Gasteiger partial charge is 0.485 e. The summed E-state index contributed by atoms with van der Waals surface area (Å²) in [4.78, 5) is 12.6. The summed E-state index contributed by atoms with van der Waals surface area (Å²) in [5.74, 6) is 1.15. The smallest absolute Gasteiger partial charge is 0.408 e. The van der Waals surface area contributed by atoms with Crippen LogP contribution in [0.25, 0.3) is 0 Å². The average Bonchev–Trinajstić information content (AvgIpc) is 2.77. The summed E-state index contributed by atoms with van der Waals surface area (Å²) in [6.07, 6.45) is 0.0330. The first-order valence-corrected chi connectivity index (χ1v) is 12.1. The van der Waals surface area contributed by atoms with Crippen LogP contribution in [0.4, 0.5) is 4.79 Å². The van der Waals surface area contributed by atoms with Gasteiger partial charge in [-0.25, -0.2) is 4.79 Å². The molecule has 8 heteroatoms. The minimum Gasteiger partial charge on any atom is -0.485 e. The third kappa shape index (κ3) is 9.16. The Morgan fingerprint density at radius 2 is 1.76 bits per heavy atom. The maximum absolute atomic E-state index is 12.6. The number of carbonyl (C=O) groups excluding carboxylic acids is 1. The van der Waals surface area contributed by atoms with Crippen molar-refractivity contribution in [2.45, 2.75) is 64.9 Å². The van der Waals surface area contributed by atoms with Gasteiger partial charge in [0.25, 0.3) is 0 Å². The average molecular weight is 538 g/mol. The molecule has 7 nitrogen and oxygen atoms in total. The van der Waals surface area contributed by atoms with Crippen LogP contribution in [0, 0.1) is 0 Å². The van der Waals surface area contributed by atoms with E-state index in [2.05, 4.69) is 21.2 Å². The van der Waals surface area contributed by atoms with E-state index >= 15 is 0 Å². The molecule has 0 aromatic heterocycles. The molecule has 0 spiro atoms. The maximum Gasteiger partial charge on any atom is 0.408 e. The number of carbonyl (C=O) groups is 1. The van der Waals surface area contributed by atoms with Gasteiger partial charge in [0, 0.05) is 11.6 Å². The van der Waals surface area contributed by atoms with Gasteiger partial charge in [-0.1, -0.05) is 53.2 Å². The van der Waals surface area contributed by atoms with Crippen LogP contribution in [0.1, 0.15) is 46.6 Å². The molecule has 0 aliphatic carbocycles. The molecule has 2 aromatic rings. The van der Waals surface area contributed by atoms with Crippen LogP contribution in [-0.4, -0.2) is 43.8 Å². The number of methoxy groups -OCH3 is 1. The summed E-state index contributed by atoms with van der Waals surface area (Å²) in [6.45, 7) is 10.0. The molecule has 1 N–H and O–H groups in total. The molecule has 0 unspecified atom stereocenters. The first kappa shape index (κ1) is 28.0.